The number of carbonyl (C=O) groups excluding carboxylic acids is 1. The van der Waals surface area contributed by atoms with Crippen LogP contribution in [0.4, 0.5) is 17.2 Å². The zero-order valence-corrected chi connectivity index (χ0v) is 22.4. The van der Waals surface area contributed by atoms with Gasteiger partial charge in [-0.3, -0.25) is 4.79 Å². The van der Waals surface area contributed by atoms with Crippen LogP contribution in [0.15, 0.2) is 48.5 Å². The van der Waals surface area contributed by atoms with Gasteiger partial charge < -0.3 is 20.2 Å². The van der Waals surface area contributed by atoms with Gasteiger partial charge in [-0.05, 0) is 61.7 Å². The normalized spacial score (nSPS) is 15.1. The van der Waals surface area contributed by atoms with Gasteiger partial charge in [-0.25, -0.2) is 9.78 Å². The average molecular weight is 554 g/mol. The van der Waals surface area contributed by atoms with Crippen molar-refractivity contribution in [3.05, 3.63) is 59.7 Å². The highest BCUT2D eigenvalue weighted by Crippen LogP contribution is 2.30. The summed E-state index contributed by atoms with van der Waals surface area (Å²) in [5, 5.41) is 13.4. The van der Waals surface area contributed by atoms with E-state index < -0.39 is 5.97 Å². The molecule has 1 saturated heterocycles. The van der Waals surface area contributed by atoms with E-state index in [9.17, 15) is 14.7 Å². The maximum absolute atomic E-state index is 12.3. The van der Waals surface area contributed by atoms with E-state index in [0.29, 0.717) is 22.4 Å². The molecule has 2 aliphatic rings. The lowest BCUT2D eigenvalue weighted by Crippen LogP contribution is -2.46. The summed E-state index contributed by atoms with van der Waals surface area (Å²) < 4.78 is 0. The summed E-state index contributed by atoms with van der Waals surface area (Å²) in [4.78, 5) is 33.6. The molecule has 0 atom stereocenters. The van der Waals surface area contributed by atoms with E-state index in [1.165, 1.54) is 11.3 Å². The fourth-order valence-electron chi connectivity index (χ4n) is 4.56. The fourth-order valence-corrected chi connectivity index (χ4v) is 4.56. The monoisotopic (exact) mass is 552 g/mol. The minimum absolute atomic E-state index is 0. The number of carboxylic acids is 1. The zero-order chi connectivity index (χ0) is 22.9. The van der Waals surface area contributed by atoms with Crippen LogP contribution >= 0.6 is 37.2 Å². The third-order valence-corrected chi connectivity index (χ3v) is 6.74. The first-order chi connectivity index (χ1) is 16.0. The number of anilines is 3. The number of benzene rings is 2. The molecule has 1 amide bonds. The molecule has 0 spiro atoms. The topological polar surface area (TPSA) is 85.8 Å². The summed E-state index contributed by atoms with van der Waals surface area (Å²) in [5.41, 5.74) is 3.89. The number of hydrogen-bond acceptors (Lipinski definition) is 5. The van der Waals surface area contributed by atoms with Gasteiger partial charge in [-0.15, -0.1) is 37.2 Å². The second kappa shape index (κ2) is 12.5. The number of carboxylic acid groups (broad SMARTS) is 1. The molecule has 1 aliphatic heterocycles. The van der Waals surface area contributed by atoms with Crippen LogP contribution in [-0.4, -0.2) is 48.1 Å². The number of aryl methyl sites for hydroxylation is 1. The number of fused-ring (bicyclic) bond motifs is 1. The molecule has 0 radical (unpaired) electrons. The van der Waals surface area contributed by atoms with Crippen LogP contribution in [0.2, 0.25) is 0 Å². The van der Waals surface area contributed by atoms with Gasteiger partial charge in [0.15, 0.2) is 0 Å². The Morgan fingerprint density at radius 2 is 1.64 bits per heavy atom. The quantitative estimate of drug-likeness (QED) is 0.430. The third-order valence-electron chi connectivity index (χ3n) is 6.74. The Balaban J connectivity index is 0.00000152. The molecule has 2 N–H and O–H groups in total. The van der Waals surface area contributed by atoms with E-state index in [-0.39, 0.29) is 54.6 Å². The molecule has 2 aromatic carbocycles. The Bertz CT molecular complexity index is 1230. The lowest BCUT2D eigenvalue weighted by Gasteiger charge is -2.37. The van der Waals surface area contributed by atoms with Gasteiger partial charge in [0.25, 0.3) is 0 Å². The third kappa shape index (κ3) is 6.14. The molecule has 7 nitrogen and oxygen atoms in total. The molecule has 1 aromatic heterocycles. The number of carbonyl (C=O) groups is 2. The number of nitrogens with one attached hydrogen (secondary N) is 1. The summed E-state index contributed by atoms with van der Waals surface area (Å²) in [6, 6.07) is 15.5. The number of nitrogens with zero attached hydrogens (tertiary/aromatic N) is 3. The Hall–Kier alpha value is -2.74. The molecule has 3 aromatic rings. The van der Waals surface area contributed by atoms with Crippen molar-refractivity contribution in [2.45, 2.75) is 26.2 Å². The number of aromatic carboxylic acids is 1. The molecule has 5 rings (SSSR count). The van der Waals surface area contributed by atoms with Gasteiger partial charge in [0.2, 0.25) is 5.91 Å². The van der Waals surface area contributed by atoms with E-state index in [4.69, 9.17) is 4.98 Å². The maximum Gasteiger partial charge on any atom is 0.336 e. The Labute approximate surface area is 229 Å². The number of halogens is 3. The van der Waals surface area contributed by atoms with Crippen LogP contribution in [0.1, 0.15) is 35.2 Å². The largest absolute Gasteiger partial charge is 0.478 e. The highest BCUT2D eigenvalue weighted by molar-refractivity contribution is 6.05. The number of piperazine rings is 1. The average Bonchev–Trinajstić information content (AvgIpc) is 2.77. The predicted octanol–water partition coefficient (Wildman–Crippen LogP) is 5.57. The molecular formula is C26H31Cl3N4O3. The first-order valence-electron chi connectivity index (χ1n) is 11.5. The predicted molar refractivity (Wildman–Crippen MR) is 152 cm³/mol. The van der Waals surface area contributed by atoms with Crippen molar-refractivity contribution in [3.8, 4) is 0 Å². The van der Waals surface area contributed by atoms with Gasteiger partial charge in [-0.1, -0.05) is 18.6 Å². The van der Waals surface area contributed by atoms with Gasteiger partial charge in [0, 0.05) is 48.9 Å². The number of amides is 1. The van der Waals surface area contributed by atoms with Crippen LogP contribution in [0.5, 0.6) is 0 Å². The summed E-state index contributed by atoms with van der Waals surface area (Å²) in [7, 11) is 0. The summed E-state index contributed by atoms with van der Waals surface area (Å²) in [6.45, 7) is 5.31. The summed E-state index contributed by atoms with van der Waals surface area (Å²) >= 11 is 0. The van der Waals surface area contributed by atoms with Crippen molar-refractivity contribution in [2.75, 3.05) is 41.3 Å². The minimum Gasteiger partial charge on any atom is -0.478 e. The maximum atomic E-state index is 12.3. The van der Waals surface area contributed by atoms with E-state index >= 15 is 0 Å². The van der Waals surface area contributed by atoms with Crippen molar-refractivity contribution in [3.63, 3.8) is 0 Å². The number of rotatable bonds is 5. The van der Waals surface area contributed by atoms with Crippen LogP contribution in [0.25, 0.3) is 10.9 Å². The molecule has 0 unspecified atom stereocenters. The fraction of sp³-hybridized carbons (Fsp3) is 0.346. The van der Waals surface area contributed by atoms with Crippen molar-refractivity contribution < 1.29 is 14.7 Å². The zero-order valence-electron chi connectivity index (χ0n) is 20.0. The van der Waals surface area contributed by atoms with Crippen LogP contribution < -0.4 is 15.1 Å². The lowest BCUT2D eigenvalue weighted by molar-refractivity contribution is -0.122. The SMILES string of the molecule is Cc1cccc(N2CCN(c3cc(C(=O)O)c4cc(NC(=O)C5CCC5)ccc4n3)CC2)c1.Cl.Cl.Cl. The molecule has 36 heavy (non-hydrogen) atoms. The Kier molecular flexibility index (Phi) is 10.2. The van der Waals surface area contributed by atoms with Gasteiger partial charge >= 0.3 is 5.97 Å². The Morgan fingerprint density at radius 3 is 2.25 bits per heavy atom. The van der Waals surface area contributed by atoms with Crippen molar-refractivity contribution in [1.82, 2.24) is 4.98 Å². The van der Waals surface area contributed by atoms with E-state index in [1.807, 2.05) is 0 Å². The Morgan fingerprint density at radius 1 is 0.944 bits per heavy atom. The molecule has 2 heterocycles. The van der Waals surface area contributed by atoms with Crippen molar-refractivity contribution >= 4 is 77.2 Å². The van der Waals surface area contributed by atoms with Crippen molar-refractivity contribution in [2.24, 2.45) is 5.92 Å². The number of hydrogen-bond donors (Lipinski definition) is 2. The van der Waals surface area contributed by atoms with Gasteiger partial charge in [0.1, 0.15) is 5.82 Å². The highest BCUT2D eigenvalue weighted by Gasteiger charge is 2.26. The standard InChI is InChI=1S/C26H28N4O3.3ClH/c1-17-4-2-7-20(14-17)29-10-12-30(13-11-29)24-16-22(26(32)33)21-15-19(8-9-23(21)28-24)27-25(31)18-5-3-6-18;;;/h2,4,7-9,14-16,18H,3,5-6,10-13H2,1H3,(H,27,31)(H,32,33);3*1H. The minimum atomic E-state index is -0.996. The van der Waals surface area contributed by atoms with Crippen molar-refractivity contribution in [1.29, 1.82) is 0 Å². The molecule has 1 aliphatic carbocycles. The molecular weight excluding hydrogens is 523 g/mol. The smallest absolute Gasteiger partial charge is 0.336 e. The van der Waals surface area contributed by atoms with E-state index in [0.717, 1.165) is 45.4 Å². The van der Waals surface area contributed by atoms with Crippen LogP contribution in [0, 0.1) is 12.8 Å². The number of pyridine rings is 1. The van der Waals surface area contributed by atoms with Gasteiger partial charge in [-0.2, -0.15) is 0 Å². The second-order valence-electron chi connectivity index (χ2n) is 9.00. The van der Waals surface area contributed by atoms with Crippen LogP contribution in [0.3, 0.4) is 0 Å². The number of aromatic nitrogens is 1. The van der Waals surface area contributed by atoms with Gasteiger partial charge in [0.05, 0.1) is 11.1 Å². The molecule has 10 heteroatoms. The molecule has 194 valence electrons. The molecule has 2 fully saturated rings. The lowest BCUT2D eigenvalue weighted by atomic mass is 9.85. The van der Waals surface area contributed by atoms with E-state index in [1.54, 1.807) is 24.3 Å². The molecule has 1 saturated carbocycles. The first kappa shape index (κ1) is 29.5. The highest BCUT2D eigenvalue weighted by atomic mass is 35.5. The second-order valence-corrected chi connectivity index (χ2v) is 9.00. The van der Waals surface area contributed by atoms with Crippen LogP contribution in [-0.2, 0) is 4.79 Å². The molecule has 0 bridgehead atoms. The first-order valence-corrected chi connectivity index (χ1v) is 11.5. The summed E-state index contributed by atoms with van der Waals surface area (Å²) in [5.74, 6) is -0.244. The summed E-state index contributed by atoms with van der Waals surface area (Å²) in [6.07, 6.45) is 2.93. The van der Waals surface area contributed by atoms with E-state index in [2.05, 4.69) is 46.3 Å².